The highest BCUT2D eigenvalue weighted by Gasteiger charge is 2.33. The molecule has 0 fully saturated rings. The van der Waals surface area contributed by atoms with Crippen LogP contribution in [0.3, 0.4) is 0 Å². The second-order valence-corrected chi connectivity index (χ2v) is 3.00. The van der Waals surface area contributed by atoms with Gasteiger partial charge in [0, 0.05) is 7.11 Å². The Balaban J connectivity index is 2.96. The van der Waals surface area contributed by atoms with Crippen molar-refractivity contribution in [3.05, 3.63) is 23.4 Å². The minimum absolute atomic E-state index is 0.0273. The number of ether oxygens (including phenoxy) is 2. The van der Waals surface area contributed by atoms with E-state index < -0.39 is 11.9 Å². The predicted octanol–water partition coefficient (Wildman–Crippen LogP) is 2.00. The minimum atomic E-state index is -4.56. The van der Waals surface area contributed by atoms with E-state index in [1.54, 1.807) is 6.07 Å². The molecule has 1 rings (SSSR count). The van der Waals surface area contributed by atoms with E-state index in [2.05, 4.69) is 9.72 Å². The van der Waals surface area contributed by atoms with E-state index in [1.165, 1.54) is 7.11 Å². The lowest BCUT2D eigenvalue weighted by Gasteiger charge is -2.10. The van der Waals surface area contributed by atoms with Crippen LogP contribution in [0.15, 0.2) is 12.1 Å². The van der Waals surface area contributed by atoms with E-state index in [4.69, 9.17) is 10.00 Å². The maximum atomic E-state index is 12.4. The van der Waals surface area contributed by atoms with Gasteiger partial charge in [-0.05, 0) is 12.1 Å². The van der Waals surface area contributed by atoms with Crippen LogP contribution in [0.1, 0.15) is 11.3 Å². The molecule has 0 aliphatic carbocycles. The van der Waals surface area contributed by atoms with Crippen LogP contribution in [0, 0.1) is 11.3 Å². The number of methoxy groups -OCH3 is 1. The Labute approximate surface area is 95.6 Å². The molecule has 0 N–H and O–H groups in total. The van der Waals surface area contributed by atoms with E-state index in [9.17, 15) is 13.2 Å². The van der Waals surface area contributed by atoms with Crippen LogP contribution >= 0.6 is 0 Å². The van der Waals surface area contributed by atoms with Gasteiger partial charge in [0.15, 0.2) is 0 Å². The zero-order valence-corrected chi connectivity index (χ0v) is 8.91. The van der Waals surface area contributed by atoms with E-state index in [0.717, 1.165) is 12.1 Å². The van der Waals surface area contributed by atoms with Crippen molar-refractivity contribution in [1.29, 1.82) is 5.26 Å². The Morgan fingerprint density at radius 3 is 2.59 bits per heavy atom. The number of rotatable bonds is 4. The normalized spacial score (nSPS) is 11.0. The first-order valence-corrected chi connectivity index (χ1v) is 4.59. The number of hydrogen-bond donors (Lipinski definition) is 0. The van der Waals surface area contributed by atoms with Crippen LogP contribution in [-0.2, 0) is 10.9 Å². The fraction of sp³-hybridized carbons (Fsp3) is 0.400. The molecule has 0 radical (unpaired) electrons. The highest BCUT2D eigenvalue weighted by molar-refractivity contribution is 5.39. The molecule has 0 saturated heterocycles. The quantitative estimate of drug-likeness (QED) is 0.762. The van der Waals surface area contributed by atoms with E-state index in [-0.39, 0.29) is 24.7 Å². The van der Waals surface area contributed by atoms with E-state index in [0.29, 0.717) is 0 Å². The summed E-state index contributed by atoms with van der Waals surface area (Å²) in [5.74, 6) is -0.334. The molecule has 17 heavy (non-hydrogen) atoms. The highest BCUT2D eigenvalue weighted by Crippen LogP contribution is 2.29. The molecule has 0 aromatic carbocycles. The first-order chi connectivity index (χ1) is 7.99. The number of alkyl halides is 3. The maximum Gasteiger partial charge on any atom is 0.433 e. The molecule has 0 unspecified atom stereocenters. The molecule has 0 bridgehead atoms. The standard InChI is InChI=1S/C10H9F3N2O2/c1-16-4-5-17-9-7(6-14)2-3-8(15-9)10(11,12)13/h2-3H,4-5H2,1H3. The number of hydrogen-bond acceptors (Lipinski definition) is 4. The lowest BCUT2D eigenvalue weighted by Crippen LogP contribution is -2.12. The van der Waals surface area contributed by atoms with Crippen LogP contribution in [0.25, 0.3) is 0 Å². The minimum Gasteiger partial charge on any atom is -0.474 e. The lowest BCUT2D eigenvalue weighted by atomic mass is 10.2. The highest BCUT2D eigenvalue weighted by atomic mass is 19.4. The van der Waals surface area contributed by atoms with Gasteiger partial charge in [0.05, 0.1) is 6.61 Å². The maximum absolute atomic E-state index is 12.4. The van der Waals surface area contributed by atoms with Gasteiger partial charge in [-0.3, -0.25) is 0 Å². The molecule has 4 nitrogen and oxygen atoms in total. The molecule has 7 heteroatoms. The summed E-state index contributed by atoms with van der Waals surface area (Å²) in [5, 5.41) is 8.69. The van der Waals surface area contributed by atoms with Crippen molar-refractivity contribution >= 4 is 0 Å². The van der Waals surface area contributed by atoms with Crippen molar-refractivity contribution in [2.75, 3.05) is 20.3 Å². The molecule has 0 aliphatic heterocycles. The van der Waals surface area contributed by atoms with E-state index >= 15 is 0 Å². The molecule has 1 aromatic heterocycles. The summed E-state index contributed by atoms with van der Waals surface area (Å²) in [6, 6.07) is 3.47. The van der Waals surface area contributed by atoms with Gasteiger partial charge < -0.3 is 9.47 Å². The third-order valence-electron chi connectivity index (χ3n) is 1.80. The van der Waals surface area contributed by atoms with Crippen molar-refractivity contribution in [3.63, 3.8) is 0 Å². The van der Waals surface area contributed by atoms with Crippen molar-refractivity contribution < 1.29 is 22.6 Å². The average Bonchev–Trinajstić information content (AvgIpc) is 2.28. The molecule has 1 heterocycles. The number of halogens is 3. The zero-order chi connectivity index (χ0) is 12.9. The average molecular weight is 246 g/mol. The third kappa shape index (κ3) is 3.60. The smallest absolute Gasteiger partial charge is 0.433 e. The van der Waals surface area contributed by atoms with Crippen LogP contribution in [0.5, 0.6) is 5.88 Å². The zero-order valence-electron chi connectivity index (χ0n) is 8.91. The summed E-state index contributed by atoms with van der Waals surface area (Å²) < 4.78 is 46.7. The molecular formula is C10H9F3N2O2. The van der Waals surface area contributed by atoms with E-state index in [1.807, 2.05) is 0 Å². The summed E-state index contributed by atoms with van der Waals surface area (Å²) in [5.41, 5.74) is -1.14. The number of nitrogens with zero attached hydrogens (tertiary/aromatic N) is 2. The topological polar surface area (TPSA) is 55.1 Å². The molecule has 0 atom stereocenters. The first-order valence-electron chi connectivity index (χ1n) is 4.59. The Morgan fingerprint density at radius 1 is 1.35 bits per heavy atom. The van der Waals surface area contributed by atoms with Crippen LogP contribution in [-0.4, -0.2) is 25.3 Å². The number of pyridine rings is 1. The summed E-state index contributed by atoms with van der Waals surface area (Å²) >= 11 is 0. The fourth-order valence-corrected chi connectivity index (χ4v) is 1.02. The Kier molecular flexibility index (Phi) is 4.29. The summed E-state index contributed by atoms with van der Waals surface area (Å²) in [7, 11) is 1.42. The Hall–Kier alpha value is -1.81. The largest absolute Gasteiger partial charge is 0.474 e. The Morgan fingerprint density at radius 2 is 2.06 bits per heavy atom. The molecule has 0 spiro atoms. The number of nitriles is 1. The van der Waals surface area contributed by atoms with Gasteiger partial charge in [0.2, 0.25) is 5.88 Å². The van der Waals surface area contributed by atoms with Crippen molar-refractivity contribution in [2.45, 2.75) is 6.18 Å². The van der Waals surface area contributed by atoms with Gasteiger partial charge in [0.1, 0.15) is 23.9 Å². The monoisotopic (exact) mass is 246 g/mol. The summed E-state index contributed by atoms with van der Waals surface area (Å²) in [4.78, 5) is 3.26. The summed E-state index contributed by atoms with van der Waals surface area (Å²) in [6.45, 7) is 0.224. The molecular weight excluding hydrogens is 237 g/mol. The second-order valence-electron chi connectivity index (χ2n) is 3.00. The van der Waals surface area contributed by atoms with Crippen molar-refractivity contribution in [2.24, 2.45) is 0 Å². The molecule has 92 valence electrons. The van der Waals surface area contributed by atoms with Crippen LogP contribution in [0.4, 0.5) is 13.2 Å². The fourth-order valence-electron chi connectivity index (χ4n) is 1.02. The SMILES string of the molecule is COCCOc1nc(C(F)(F)F)ccc1C#N. The third-order valence-corrected chi connectivity index (χ3v) is 1.80. The molecule has 0 saturated carbocycles. The van der Waals surface area contributed by atoms with Crippen molar-refractivity contribution in [3.8, 4) is 11.9 Å². The first kappa shape index (κ1) is 13.3. The van der Waals surface area contributed by atoms with Crippen molar-refractivity contribution in [1.82, 2.24) is 4.98 Å². The molecule has 0 aliphatic rings. The summed E-state index contributed by atoms with van der Waals surface area (Å²) in [6.07, 6.45) is -4.56. The second kappa shape index (κ2) is 5.50. The van der Waals surface area contributed by atoms with Gasteiger partial charge in [-0.2, -0.15) is 18.4 Å². The Bertz CT molecular complexity index is 427. The van der Waals surface area contributed by atoms with Gasteiger partial charge >= 0.3 is 6.18 Å². The molecule has 0 amide bonds. The van der Waals surface area contributed by atoms with Gasteiger partial charge in [-0.1, -0.05) is 0 Å². The van der Waals surface area contributed by atoms with Gasteiger partial charge in [0.25, 0.3) is 0 Å². The van der Waals surface area contributed by atoms with Gasteiger partial charge in [-0.15, -0.1) is 0 Å². The lowest BCUT2D eigenvalue weighted by molar-refractivity contribution is -0.141. The van der Waals surface area contributed by atoms with Crippen LogP contribution in [0.2, 0.25) is 0 Å². The number of aromatic nitrogens is 1. The van der Waals surface area contributed by atoms with Gasteiger partial charge in [-0.25, -0.2) is 4.98 Å². The van der Waals surface area contributed by atoms with Crippen LogP contribution < -0.4 is 4.74 Å². The molecule has 1 aromatic rings. The predicted molar refractivity (Wildman–Crippen MR) is 51.3 cm³/mol.